The molecule has 3 rings (SSSR count). The molecule has 1 heteroatoms. The van der Waals surface area contributed by atoms with E-state index in [9.17, 15) is 0 Å². The molecule has 0 saturated heterocycles. The number of fused-ring (bicyclic) bond motifs is 1. The molecule has 3 aromatic rings. The molecule has 0 heterocycles. The fraction of sp³-hybridized carbons (Fsp3) is 0.0556. The molecule has 0 bridgehead atoms. The highest BCUT2D eigenvalue weighted by Gasteiger charge is 2.05. The first-order chi connectivity index (χ1) is 9.38. The third-order valence-electron chi connectivity index (χ3n) is 3.40. The van der Waals surface area contributed by atoms with Crippen LogP contribution in [0.15, 0.2) is 66.7 Å². The van der Waals surface area contributed by atoms with Crippen LogP contribution in [0.5, 0.6) is 0 Å². The lowest BCUT2D eigenvalue weighted by Gasteiger charge is -2.08. The van der Waals surface area contributed by atoms with E-state index in [4.69, 9.17) is 5.26 Å². The summed E-state index contributed by atoms with van der Waals surface area (Å²) in [4.78, 5) is 0. The smallest absolute Gasteiger partial charge is 0.0994 e. The van der Waals surface area contributed by atoms with Crippen LogP contribution < -0.4 is 0 Å². The largest absolute Gasteiger partial charge is 0.192 e. The van der Waals surface area contributed by atoms with Gasteiger partial charge in [0.2, 0.25) is 0 Å². The average molecular weight is 243 g/mol. The summed E-state index contributed by atoms with van der Waals surface area (Å²) in [5.74, 6) is 0. The highest BCUT2D eigenvalue weighted by Crippen LogP contribution is 2.22. The summed E-state index contributed by atoms with van der Waals surface area (Å²) < 4.78 is 0. The molecule has 0 fully saturated rings. The molecule has 0 spiro atoms. The van der Waals surface area contributed by atoms with Crippen LogP contribution in [0.3, 0.4) is 0 Å². The van der Waals surface area contributed by atoms with Gasteiger partial charge in [-0.3, -0.25) is 0 Å². The molecule has 0 aliphatic heterocycles. The first kappa shape index (κ1) is 11.5. The second kappa shape index (κ2) is 4.96. The predicted octanol–water partition coefficient (Wildman–Crippen LogP) is 4.30. The second-order valence-electron chi connectivity index (χ2n) is 4.58. The van der Waals surface area contributed by atoms with Crippen molar-refractivity contribution in [1.82, 2.24) is 0 Å². The summed E-state index contributed by atoms with van der Waals surface area (Å²) in [6.45, 7) is 0. The van der Waals surface area contributed by atoms with Crippen molar-refractivity contribution in [1.29, 1.82) is 5.26 Å². The van der Waals surface area contributed by atoms with Gasteiger partial charge in [0.25, 0.3) is 0 Å². The van der Waals surface area contributed by atoms with Gasteiger partial charge in [-0.05, 0) is 34.4 Å². The fourth-order valence-electron chi connectivity index (χ4n) is 2.44. The maximum Gasteiger partial charge on any atom is 0.0994 e. The molecule has 0 atom stereocenters. The minimum Gasteiger partial charge on any atom is -0.192 e. The molecular formula is C18H13N. The Kier molecular flexibility index (Phi) is 3.00. The van der Waals surface area contributed by atoms with Crippen LogP contribution in [0.25, 0.3) is 10.8 Å². The van der Waals surface area contributed by atoms with Crippen LogP contribution in [-0.4, -0.2) is 0 Å². The molecule has 3 aromatic carbocycles. The number of nitriles is 1. The number of hydrogen-bond donors (Lipinski definition) is 0. The molecule has 90 valence electrons. The third-order valence-corrected chi connectivity index (χ3v) is 3.40. The summed E-state index contributed by atoms with van der Waals surface area (Å²) in [7, 11) is 0. The van der Waals surface area contributed by atoms with E-state index in [1.54, 1.807) is 0 Å². The van der Waals surface area contributed by atoms with Crippen LogP contribution in [0.1, 0.15) is 16.7 Å². The summed E-state index contributed by atoms with van der Waals surface area (Å²) in [5.41, 5.74) is 3.11. The molecule has 0 unspecified atom stereocenters. The van der Waals surface area contributed by atoms with Gasteiger partial charge in [-0.2, -0.15) is 5.26 Å². The van der Waals surface area contributed by atoms with Gasteiger partial charge in [0, 0.05) is 0 Å². The maximum absolute atomic E-state index is 9.16. The van der Waals surface area contributed by atoms with Crippen LogP contribution in [-0.2, 0) is 6.42 Å². The third kappa shape index (κ3) is 2.21. The van der Waals surface area contributed by atoms with E-state index in [1.165, 1.54) is 16.3 Å². The van der Waals surface area contributed by atoms with E-state index >= 15 is 0 Å². The van der Waals surface area contributed by atoms with Gasteiger partial charge >= 0.3 is 0 Å². The minimum atomic E-state index is 0.760. The lowest BCUT2D eigenvalue weighted by atomic mass is 9.96. The van der Waals surface area contributed by atoms with Crippen LogP contribution >= 0.6 is 0 Å². The molecule has 0 amide bonds. The Morgan fingerprint density at radius 1 is 0.737 bits per heavy atom. The van der Waals surface area contributed by atoms with E-state index in [0.717, 1.165) is 17.5 Å². The van der Waals surface area contributed by atoms with E-state index in [2.05, 4.69) is 48.5 Å². The zero-order valence-electron chi connectivity index (χ0n) is 10.5. The van der Waals surface area contributed by atoms with E-state index < -0.39 is 0 Å². The van der Waals surface area contributed by atoms with Crippen molar-refractivity contribution in [3.05, 3.63) is 83.4 Å². The Hall–Kier alpha value is -2.59. The van der Waals surface area contributed by atoms with Crippen molar-refractivity contribution in [2.45, 2.75) is 6.42 Å². The number of hydrogen-bond acceptors (Lipinski definition) is 1. The number of rotatable bonds is 2. The number of nitrogens with zero attached hydrogens (tertiary/aromatic N) is 1. The number of benzene rings is 3. The first-order valence-corrected chi connectivity index (χ1v) is 6.33. The monoisotopic (exact) mass is 243 g/mol. The fourth-order valence-corrected chi connectivity index (χ4v) is 2.44. The Bertz CT molecular complexity index is 760. The Morgan fingerprint density at radius 3 is 2.32 bits per heavy atom. The maximum atomic E-state index is 9.16. The summed E-state index contributed by atoms with van der Waals surface area (Å²) >= 11 is 0. The zero-order valence-corrected chi connectivity index (χ0v) is 10.5. The molecule has 0 aliphatic carbocycles. The van der Waals surface area contributed by atoms with Crippen molar-refractivity contribution in [2.24, 2.45) is 0 Å². The molecule has 0 radical (unpaired) electrons. The summed E-state index contributed by atoms with van der Waals surface area (Å²) in [6, 6.07) is 24.8. The molecule has 1 nitrogen and oxygen atoms in total. The molecule has 19 heavy (non-hydrogen) atoms. The zero-order chi connectivity index (χ0) is 13.1. The normalized spacial score (nSPS) is 10.3. The minimum absolute atomic E-state index is 0.760. The van der Waals surface area contributed by atoms with Gasteiger partial charge in [0.05, 0.1) is 11.6 Å². The van der Waals surface area contributed by atoms with Crippen molar-refractivity contribution >= 4 is 10.8 Å². The first-order valence-electron chi connectivity index (χ1n) is 6.33. The average Bonchev–Trinajstić information content (AvgIpc) is 2.48. The van der Waals surface area contributed by atoms with Gasteiger partial charge in [-0.25, -0.2) is 0 Å². The van der Waals surface area contributed by atoms with Crippen molar-refractivity contribution < 1.29 is 0 Å². The van der Waals surface area contributed by atoms with Gasteiger partial charge < -0.3 is 0 Å². The standard InChI is InChI=1S/C18H13N/c19-13-17-8-2-1-7-15(17)12-16-10-5-9-14-6-3-4-11-18(14)16/h1-11H,12H2. The highest BCUT2D eigenvalue weighted by atomic mass is 14.2. The molecular weight excluding hydrogens is 230 g/mol. The summed E-state index contributed by atoms with van der Waals surface area (Å²) in [6.07, 6.45) is 0.797. The lowest BCUT2D eigenvalue weighted by Crippen LogP contribution is -1.93. The van der Waals surface area contributed by atoms with E-state index in [-0.39, 0.29) is 0 Å². The predicted molar refractivity (Wildman–Crippen MR) is 77.9 cm³/mol. The quantitative estimate of drug-likeness (QED) is 0.658. The van der Waals surface area contributed by atoms with Gasteiger partial charge in [0.15, 0.2) is 0 Å². The topological polar surface area (TPSA) is 23.8 Å². The molecule has 0 N–H and O–H groups in total. The Balaban J connectivity index is 2.09. The van der Waals surface area contributed by atoms with Crippen LogP contribution in [0.4, 0.5) is 0 Å². The Morgan fingerprint density at radius 2 is 1.42 bits per heavy atom. The van der Waals surface area contributed by atoms with Crippen LogP contribution in [0.2, 0.25) is 0 Å². The molecule has 0 saturated carbocycles. The highest BCUT2D eigenvalue weighted by molar-refractivity contribution is 5.86. The SMILES string of the molecule is N#Cc1ccccc1Cc1cccc2ccccc12. The molecule has 0 aliphatic rings. The summed E-state index contributed by atoms with van der Waals surface area (Å²) in [5, 5.41) is 11.7. The second-order valence-corrected chi connectivity index (χ2v) is 4.58. The van der Waals surface area contributed by atoms with Crippen LogP contribution in [0, 0.1) is 11.3 Å². The van der Waals surface area contributed by atoms with Crippen molar-refractivity contribution in [3.63, 3.8) is 0 Å². The van der Waals surface area contributed by atoms with E-state index in [1.807, 2.05) is 24.3 Å². The van der Waals surface area contributed by atoms with Gasteiger partial charge in [0.1, 0.15) is 0 Å². The molecule has 0 aromatic heterocycles. The Labute approximate surface area is 112 Å². The van der Waals surface area contributed by atoms with Crippen molar-refractivity contribution in [3.8, 4) is 6.07 Å². The van der Waals surface area contributed by atoms with E-state index in [0.29, 0.717) is 0 Å². The lowest BCUT2D eigenvalue weighted by molar-refractivity contribution is 1.20. The van der Waals surface area contributed by atoms with Gasteiger partial charge in [-0.15, -0.1) is 0 Å². The van der Waals surface area contributed by atoms with Crippen molar-refractivity contribution in [2.75, 3.05) is 0 Å². The van der Waals surface area contributed by atoms with Gasteiger partial charge in [-0.1, -0.05) is 60.7 Å².